The summed E-state index contributed by atoms with van der Waals surface area (Å²) in [5, 5.41) is 19.8. The van der Waals surface area contributed by atoms with Crippen LogP contribution in [0.2, 0.25) is 0 Å². The molecule has 3 aromatic rings. The molecule has 0 aliphatic heterocycles. The SMILES string of the molecule is Cc1c(C(=O)O)cccc1-c1ccc(C=Nc2sc3c(c2C#N)CC[C@H](C(C)(C)C)C3)o1. The van der Waals surface area contributed by atoms with Gasteiger partial charge in [-0.2, -0.15) is 5.26 Å². The zero-order valence-electron chi connectivity index (χ0n) is 18.7. The first-order valence-electron chi connectivity index (χ1n) is 10.7. The van der Waals surface area contributed by atoms with E-state index in [4.69, 9.17) is 4.42 Å². The van der Waals surface area contributed by atoms with Crippen LogP contribution in [0.5, 0.6) is 0 Å². The highest BCUT2D eigenvalue weighted by atomic mass is 32.1. The van der Waals surface area contributed by atoms with Crippen LogP contribution in [-0.2, 0) is 12.8 Å². The van der Waals surface area contributed by atoms with Crippen LogP contribution in [0.3, 0.4) is 0 Å². The number of carboxylic acid groups (broad SMARTS) is 1. The minimum atomic E-state index is -0.961. The van der Waals surface area contributed by atoms with E-state index in [9.17, 15) is 15.2 Å². The molecular weight excluding hydrogens is 420 g/mol. The van der Waals surface area contributed by atoms with Crippen molar-refractivity contribution in [2.45, 2.75) is 47.0 Å². The molecule has 0 fully saturated rings. The number of carboxylic acids is 1. The van der Waals surface area contributed by atoms with Gasteiger partial charge in [-0.05, 0) is 66.8 Å². The van der Waals surface area contributed by atoms with E-state index in [2.05, 4.69) is 31.8 Å². The Hall–Kier alpha value is -3.17. The fourth-order valence-corrected chi connectivity index (χ4v) is 5.56. The number of aromatic carboxylic acids is 1. The lowest BCUT2D eigenvalue weighted by Gasteiger charge is -2.33. The van der Waals surface area contributed by atoms with Gasteiger partial charge in [0.2, 0.25) is 0 Å². The van der Waals surface area contributed by atoms with Crippen molar-refractivity contribution in [2.75, 3.05) is 0 Å². The van der Waals surface area contributed by atoms with E-state index in [0.29, 0.717) is 28.6 Å². The van der Waals surface area contributed by atoms with Gasteiger partial charge in [0.05, 0.1) is 17.3 Å². The normalized spacial score (nSPS) is 16.2. The Bertz CT molecular complexity index is 1250. The van der Waals surface area contributed by atoms with Gasteiger partial charge in [-0.15, -0.1) is 11.3 Å². The molecule has 0 saturated carbocycles. The van der Waals surface area contributed by atoms with Crippen LogP contribution in [0.15, 0.2) is 39.7 Å². The van der Waals surface area contributed by atoms with Crippen molar-refractivity contribution in [2.24, 2.45) is 16.3 Å². The van der Waals surface area contributed by atoms with Gasteiger partial charge >= 0.3 is 5.97 Å². The molecule has 5 nitrogen and oxygen atoms in total. The second kappa shape index (κ2) is 8.40. The summed E-state index contributed by atoms with van der Waals surface area (Å²) in [5.74, 6) is 0.792. The molecule has 0 spiro atoms. The average Bonchev–Trinajstić information content (AvgIpc) is 3.35. The van der Waals surface area contributed by atoms with E-state index in [1.54, 1.807) is 42.7 Å². The van der Waals surface area contributed by atoms with Crippen molar-refractivity contribution in [3.63, 3.8) is 0 Å². The molecule has 0 saturated heterocycles. The lowest BCUT2D eigenvalue weighted by molar-refractivity contribution is 0.0696. The van der Waals surface area contributed by atoms with E-state index >= 15 is 0 Å². The van der Waals surface area contributed by atoms with E-state index in [1.807, 2.05) is 12.1 Å². The number of nitriles is 1. The Kier molecular flexibility index (Phi) is 5.79. The van der Waals surface area contributed by atoms with Gasteiger partial charge in [0.1, 0.15) is 22.6 Å². The standard InChI is InChI=1S/C26H26N2O3S/c1-15-18(6-5-7-19(15)25(29)30)22-11-9-17(31-22)14-28-24-21(13-27)20-10-8-16(26(2,3)4)12-23(20)32-24/h5-7,9,11,14,16H,8,10,12H2,1-4H3,(H,29,30)/t16-/m0/s1. The topological polar surface area (TPSA) is 86.6 Å². The molecule has 0 amide bonds. The quantitative estimate of drug-likeness (QED) is 0.447. The van der Waals surface area contributed by atoms with Crippen LogP contribution < -0.4 is 0 Å². The van der Waals surface area contributed by atoms with Crippen molar-refractivity contribution in [1.82, 2.24) is 0 Å². The van der Waals surface area contributed by atoms with Gasteiger partial charge < -0.3 is 9.52 Å². The summed E-state index contributed by atoms with van der Waals surface area (Å²) in [6.07, 6.45) is 4.66. The summed E-state index contributed by atoms with van der Waals surface area (Å²) in [4.78, 5) is 17.3. The lowest BCUT2D eigenvalue weighted by Crippen LogP contribution is -2.26. The van der Waals surface area contributed by atoms with Gasteiger partial charge in [0.15, 0.2) is 0 Å². The van der Waals surface area contributed by atoms with E-state index < -0.39 is 5.97 Å². The van der Waals surface area contributed by atoms with E-state index in [1.165, 1.54) is 4.88 Å². The van der Waals surface area contributed by atoms with E-state index in [0.717, 1.165) is 35.4 Å². The van der Waals surface area contributed by atoms with Crippen LogP contribution in [0.4, 0.5) is 5.00 Å². The molecular formula is C26H26N2O3S. The van der Waals surface area contributed by atoms with Crippen molar-refractivity contribution in [3.8, 4) is 17.4 Å². The monoisotopic (exact) mass is 446 g/mol. The fourth-order valence-electron chi connectivity index (χ4n) is 4.34. The van der Waals surface area contributed by atoms with Crippen molar-refractivity contribution in [1.29, 1.82) is 5.26 Å². The molecule has 164 valence electrons. The van der Waals surface area contributed by atoms with E-state index in [-0.39, 0.29) is 11.0 Å². The lowest BCUT2D eigenvalue weighted by atomic mass is 9.72. The van der Waals surface area contributed by atoms with Crippen molar-refractivity contribution >= 4 is 28.5 Å². The molecule has 1 atom stereocenters. The number of hydrogen-bond donors (Lipinski definition) is 1. The molecule has 4 rings (SSSR count). The maximum atomic E-state index is 11.4. The Morgan fingerprint density at radius 3 is 2.78 bits per heavy atom. The van der Waals surface area contributed by atoms with Crippen LogP contribution in [0.1, 0.15) is 64.9 Å². The predicted octanol–water partition coefficient (Wildman–Crippen LogP) is 6.79. The Balaban J connectivity index is 1.60. The third-order valence-electron chi connectivity index (χ3n) is 6.35. The maximum absolute atomic E-state index is 11.4. The fraction of sp³-hybridized carbons (Fsp3) is 0.346. The third kappa shape index (κ3) is 4.13. The zero-order chi connectivity index (χ0) is 23.0. The summed E-state index contributed by atoms with van der Waals surface area (Å²) in [6.45, 7) is 8.62. The molecule has 0 unspecified atom stereocenters. The maximum Gasteiger partial charge on any atom is 0.335 e. The number of nitrogens with zero attached hydrogens (tertiary/aromatic N) is 2. The predicted molar refractivity (Wildman–Crippen MR) is 127 cm³/mol. The first-order chi connectivity index (χ1) is 15.2. The highest BCUT2D eigenvalue weighted by Gasteiger charge is 2.32. The minimum absolute atomic E-state index is 0.249. The van der Waals surface area contributed by atoms with Gasteiger partial charge in [-0.1, -0.05) is 32.9 Å². The summed E-state index contributed by atoms with van der Waals surface area (Å²) >= 11 is 1.61. The first kappa shape index (κ1) is 22.0. The molecule has 32 heavy (non-hydrogen) atoms. The van der Waals surface area contributed by atoms with Gasteiger partial charge in [0.25, 0.3) is 0 Å². The van der Waals surface area contributed by atoms with Crippen LogP contribution >= 0.6 is 11.3 Å². The van der Waals surface area contributed by atoms with Crippen LogP contribution in [0, 0.1) is 29.6 Å². The molecule has 1 aliphatic rings. The number of hydrogen-bond acceptors (Lipinski definition) is 5. The molecule has 0 bridgehead atoms. The van der Waals surface area contributed by atoms with Gasteiger partial charge in [-0.3, -0.25) is 0 Å². The second-order valence-electron chi connectivity index (χ2n) is 9.34. The smallest absolute Gasteiger partial charge is 0.335 e. The number of fused-ring (bicyclic) bond motifs is 1. The largest absolute Gasteiger partial charge is 0.478 e. The third-order valence-corrected chi connectivity index (χ3v) is 7.51. The van der Waals surface area contributed by atoms with Gasteiger partial charge in [0, 0.05) is 10.4 Å². The number of carbonyl (C=O) groups is 1. The number of rotatable bonds is 4. The number of thiophene rings is 1. The summed E-state index contributed by atoms with van der Waals surface area (Å²) in [7, 11) is 0. The zero-order valence-corrected chi connectivity index (χ0v) is 19.5. The summed E-state index contributed by atoms with van der Waals surface area (Å²) in [5.41, 5.74) is 3.74. The van der Waals surface area contributed by atoms with Crippen molar-refractivity contribution in [3.05, 3.63) is 63.2 Å². The second-order valence-corrected chi connectivity index (χ2v) is 10.4. The summed E-state index contributed by atoms with van der Waals surface area (Å²) in [6, 6.07) is 11.1. The minimum Gasteiger partial charge on any atom is -0.478 e. The average molecular weight is 447 g/mol. The van der Waals surface area contributed by atoms with Crippen LogP contribution in [-0.4, -0.2) is 17.3 Å². The highest BCUT2D eigenvalue weighted by Crippen LogP contribution is 2.44. The number of benzene rings is 1. The molecule has 0 radical (unpaired) electrons. The summed E-state index contributed by atoms with van der Waals surface area (Å²) < 4.78 is 5.92. The Labute approximate surface area is 192 Å². The van der Waals surface area contributed by atoms with Crippen LogP contribution in [0.25, 0.3) is 11.3 Å². The number of furan rings is 1. The highest BCUT2D eigenvalue weighted by molar-refractivity contribution is 7.16. The molecule has 1 N–H and O–H groups in total. The molecule has 2 heterocycles. The van der Waals surface area contributed by atoms with Crippen molar-refractivity contribution < 1.29 is 14.3 Å². The molecule has 1 aromatic carbocycles. The molecule has 6 heteroatoms. The first-order valence-corrected chi connectivity index (χ1v) is 11.5. The Morgan fingerprint density at radius 1 is 1.31 bits per heavy atom. The van der Waals surface area contributed by atoms with Gasteiger partial charge in [-0.25, -0.2) is 9.79 Å². The molecule has 1 aliphatic carbocycles. The Morgan fingerprint density at radius 2 is 2.09 bits per heavy atom. The molecule has 2 aromatic heterocycles. The number of aliphatic imine (C=N–C) groups is 1.